The monoisotopic (exact) mass is 292 g/mol. The summed E-state index contributed by atoms with van der Waals surface area (Å²) in [4.78, 5) is 10.3. The zero-order chi connectivity index (χ0) is 15.2. The third kappa shape index (κ3) is 6.89. The Morgan fingerprint density at radius 3 is 2.60 bits per heavy atom. The molecule has 0 saturated heterocycles. The lowest BCUT2D eigenvalue weighted by Crippen LogP contribution is -2.11. The summed E-state index contributed by atoms with van der Waals surface area (Å²) >= 11 is 0. The fourth-order valence-corrected chi connectivity index (χ4v) is 1.40. The lowest BCUT2D eigenvalue weighted by atomic mass is 10.1. The van der Waals surface area contributed by atoms with Gasteiger partial charge < -0.3 is 9.84 Å². The molecule has 0 radical (unpaired) electrons. The summed E-state index contributed by atoms with van der Waals surface area (Å²) in [6.45, 7) is -0.692. The van der Waals surface area contributed by atoms with Gasteiger partial charge in [-0.1, -0.05) is 0 Å². The smallest absolute Gasteiger partial charge is 0.391 e. The van der Waals surface area contributed by atoms with Gasteiger partial charge in [0, 0.05) is 6.08 Å². The van der Waals surface area contributed by atoms with Crippen molar-refractivity contribution in [3.8, 4) is 0 Å². The number of carboxylic acid groups (broad SMARTS) is 1. The van der Waals surface area contributed by atoms with Crippen LogP contribution < -0.4 is 0 Å². The maximum absolute atomic E-state index is 13.2. The van der Waals surface area contributed by atoms with Crippen molar-refractivity contribution in [2.75, 3.05) is 6.61 Å². The average molecular weight is 292 g/mol. The summed E-state index contributed by atoms with van der Waals surface area (Å²) in [5.74, 6) is -1.80. The summed E-state index contributed by atoms with van der Waals surface area (Å²) in [6, 6.07) is 3.67. The Morgan fingerprint density at radius 2 is 2.00 bits per heavy atom. The summed E-state index contributed by atoms with van der Waals surface area (Å²) in [7, 11) is 0. The molecule has 0 aromatic heterocycles. The Hall–Kier alpha value is -1.89. The van der Waals surface area contributed by atoms with E-state index in [1.54, 1.807) is 0 Å². The van der Waals surface area contributed by atoms with E-state index in [-0.39, 0.29) is 6.61 Å². The summed E-state index contributed by atoms with van der Waals surface area (Å²) in [5.41, 5.74) is 0.624. The standard InChI is InChI=1S/C13H12F4O3/c14-11-6-9(1-2-12(18)19)5-10(7-11)8-20-4-3-13(15,16)17/h1-2,5-7H,3-4,8H2,(H,18,19)/b2-1+. The van der Waals surface area contributed by atoms with Gasteiger partial charge in [0.2, 0.25) is 0 Å². The molecule has 1 aromatic rings. The molecule has 0 unspecified atom stereocenters. The van der Waals surface area contributed by atoms with E-state index in [0.717, 1.165) is 18.2 Å². The normalized spacial score (nSPS) is 12.0. The van der Waals surface area contributed by atoms with Crippen LogP contribution in [-0.2, 0) is 16.1 Å². The van der Waals surface area contributed by atoms with Crippen LogP contribution in [0.4, 0.5) is 17.6 Å². The second kappa shape index (κ2) is 7.04. The first-order chi connectivity index (χ1) is 9.26. The molecule has 7 heteroatoms. The molecule has 0 saturated carbocycles. The zero-order valence-electron chi connectivity index (χ0n) is 10.3. The largest absolute Gasteiger partial charge is 0.478 e. The maximum atomic E-state index is 13.2. The Bertz CT molecular complexity index is 495. The van der Waals surface area contributed by atoms with Gasteiger partial charge >= 0.3 is 12.1 Å². The first-order valence-electron chi connectivity index (χ1n) is 5.61. The van der Waals surface area contributed by atoms with Crippen LogP contribution in [-0.4, -0.2) is 23.9 Å². The minimum absolute atomic E-state index is 0.179. The van der Waals surface area contributed by atoms with Crippen LogP contribution in [0.5, 0.6) is 0 Å². The molecule has 0 spiro atoms. The minimum atomic E-state index is -4.29. The van der Waals surface area contributed by atoms with Crippen molar-refractivity contribution in [2.24, 2.45) is 0 Å². The minimum Gasteiger partial charge on any atom is -0.478 e. The molecule has 20 heavy (non-hydrogen) atoms. The van der Waals surface area contributed by atoms with Crippen LogP contribution in [0.15, 0.2) is 24.3 Å². The summed E-state index contributed by atoms with van der Waals surface area (Å²) < 4.78 is 53.7. The topological polar surface area (TPSA) is 46.5 Å². The zero-order valence-corrected chi connectivity index (χ0v) is 10.3. The fourth-order valence-electron chi connectivity index (χ4n) is 1.40. The molecule has 0 fully saturated rings. The van der Waals surface area contributed by atoms with E-state index < -0.39 is 31.0 Å². The highest BCUT2D eigenvalue weighted by atomic mass is 19.4. The van der Waals surface area contributed by atoms with Gasteiger partial charge in [-0.15, -0.1) is 0 Å². The van der Waals surface area contributed by atoms with Crippen LogP contribution in [0, 0.1) is 5.82 Å². The molecule has 0 heterocycles. The highest BCUT2D eigenvalue weighted by Gasteiger charge is 2.26. The lowest BCUT2D eigenvalue weighted by molar-refractivity contribution is -0.146. The number of halogens is 4. The van der Waals surface area contributed by atoms with Gasteiger partial charge in [0.15, 0.2) is 0 Å². The summed E-state index contributed by atoms with van der Waals surface area (Å²) in [6.07, 6.45) is -3.35. The molecular formula is C13H12F4O3. The lowest BCUT2D eigenvalue weighted by Gasteiger charge is -2.08. The highest BCUT2D eigenvalue weighted by molar-refractivity contribution is 5.85. The van der Waals surface area contributed by atoms with E-state index in [1.807, 2.05) is 0 Å². The first kappa shape index (κ1) is 16.2. The van der Waals surface area contributed by atoms with Gasteiger partial charge in [0.05, 0.1) is 19.6 Å². The molecule has 110 valence electrons. The molecule has 0 aliphatic heterocycles. The number of rotatable bonds is 6. The molecular weight excluding hydrogens is 280 g/mol. The van der Waals surface area contributed by atoms with Gasteiger partial charge in [-0.25, -0.2) is 9.18 Å². The molecule has 1 N–H and O–H groups in total. The molecule has 1 rings (SSSR count). The Labute approximate surface area is 112 Å². The summed E-state index contributed by atoms with van der Waals surface area (Å²) in [5, 5.41) is 8.45. The van der Waals surface area contributed by atoms with Gasteiger partial charge in [-0.2, -0.15) is 13.2 Å². The number of hydrogen-bond donors (Lipinski definition) is 1. The number of carboxylic acids is 1. The average Bonchev–Trinajstić information content (AvgIpc) is 2.30. The predicted molar refractivity (Wildman–Crippen MR) is 63.4 cm³/mol. The molecule has 0 atom stereocenters. The van der Waals surface area contributed by atoms with Gasteiger partial charge in [0.25, 0.3) is 0 Å². The quantitative estimate of drug-likeness (QED) is 0.496. The van der Waals surface area contributed by atoms with Crippen molar-refractivity contribution in [3.63, 3.8) is 0 Å². The first-order valence-corrected chi connectivity index (χ1v) is 5.61. The fraction of sp³-hybridized carbons (Fsp3) is 0.308. The molecule has 0 aliphatic carbocycles. The third-order valence-corrected chi connectivity index (χ3v) is 2.20. The van der Waals surface area contributed by atoms with Crippen molar-refractivity contribution in [1.29, 1.82) is 0 Å². The number of benzene rings is 1. The van der Waals surface area contributed by atoms with Gasteiger partial charge in [-0.3, -0.25) is 0 Å². The molecule has 3 nitrogen and oxygen atoms in total. The van der Waals surface area contributed by atoms with E-state index in [4.69, 9.17) is 9.84 Å². The van der Waals surface area contributed by atoms with Crippen molar-refractivity contribution >= 4 is 12.0 Å². The highest BCUT2D eigenvalue weighted by Crippen LogP contribution is 2.19. The van der Waals surface area contributed by atoms with Gasteiger partial charge in [-0.05, 0) is 35.4 Å². The van der Waals surface area contributed by atoms with E-state index in [1.165, 1.54) is 12.1 Å². The number of hydrogen-bond acceptors (Lipinski definition) is 2. The second-order valence-corrected chi connectivity index (χ2v) is 3.98. The van der Waals surface area contributed by atoms with Crippen LogP contribution in [0.1, 0.15) is 17.5 Å². The molecule has 0 amide bonds. The van der Waals surface area contributed by atoms with Crippen LogP contribution in [0.3, 0.4) is 0 Å². The van der Waals surface area contributed by atoms with Crippen LogP contribution >= 0.6 is 0 Å². The van der Waals surface area contributed by atoms with Crippen molar-refractivity contribution in [3.05, 3.63) is 41.2 Å². The molecule has 0 bridgehead atoms. The van der Waals surface area contributed by atoms with Gasteiger partial charge in [0.1, 0.15) is 5.82 Å². The number of ether oxygens (including phenoxy) is 1. The van der Waals surface area contributed by atoms with Crippen molar-refractivity contribution in [1.82, 2.24) is 0 Å². The SMILES string of the molecule is O=C(O)/C=C/c1cc(F)cc(COCCC(F)(F)F)c1. The van der Waals surface area contributed by atoms with E-state index >= 15 is 0 Å². The Kier molecular flexibility index (Phi) is 5.69. The van der Waals surface area contributed by atoms with Crippen LogP contribution in [0.2, 0.25) is 0 Å². The molecule has 0 aliphatic rings. The maximum Gasteiger partial charge on any atom is 0.391 e. The van der Waals surface area contributed by atoms with E-state index in [0.29, 0.717) is 11.1 Å². The van der Waals surface area contributed by atoms with Crippen molar-refractivity contribution in [2.45, 2.75) is 19.2 Å². The van der Waals surface area contributed by atoms with E-state index in [2.05, 4.69) is 0 Å². The van der Waals surface area contributed by atoms with E-state index in [9.17, 15) is 22.4 Å². The second-order valence-electron chi connectivity index (χ2n) is 3.98. The molecule has 1 aromatic carbocycles. The van der Waals surface area contributed by atoms with Crippen LogP contribution in [0.25, 0.3) is 6.08 Å². The Morgan fingerprint density at radius 1 is 1.30 bits per heavy atom. The van der Waals surface area contributed by atoms with Crippen molar-refractivity contribution < 1.29 is 32.2 Å². The Balaban J connectivity index is 2.60. The number of alkyl halides is 3. The predicted octanol–water partition coefficient (Wildman–Crippen LogP) is 3.39. The number of carbonyl (C=O) groups is 1. The third-order valence-electron chi connectivity index (χ3n) is 2.20. The number of aliphatic carboxylic acids is 1.